The lowest BCUT2D eigenvalue weighted by Gasteiger charge is -2.06. The fraction of sp³-hybridized carbons (Fsp3) is 0. The fourth-order valence-electron chi connectivity index (χ4n) is 2.48. The minimum absolute atomic E-state index is 0.953. The molecular formula is C15H8Br2N2. The molecule has 0 radical (unpaired) electrons. The zero-order valence-electron chi connectivity index (χ0n) is 9.77. The maximum absolute atomic E-state index is 4.71. The third-order valence-electron chi connectivity index (χ3n) is 3.35. The molecule has 2 nitrogen and oxygen atoms in total. The minimum atomic E-state index is 0.953. The molecule has 2 aromatic carbocycles. The molecule has 2 heterocycles. The van der Waals surface area contributed by atoms with Crippen molar-refractivity contribution in [3.8, 4) is 0 Å². The Morgan fingerprint density at radius 2 is 1.53 bits per heavy atom. The van der Waals surface area contributed by atoms with E-state index in [1.165, 1.54) is 10.8 Å². The number of fused-ring (bicyclic) bond motifs is 4. The van der Waals surface area contributed by atoms with Gasteiger partial charge in [-0.2, -0.15) is 0 Å². The Labute approximate surface area is 126 Å². The molecule has 0 saturated heterocycles. The zero-order valence-corrected chi connectivity index (χ0v) is 12.9. The summed E-state index contributed by atoms with van der Waals surface area (Å²) in [4.78, 5) is 4.71. The van der Waals surface area contributed by atoms with Crippen LogP contribution in [0.3, 0.4) is 0 Å². The van der Waals surface area contributed by atoms with E-state index in [9.17, 15) is 0 Å². The van der Waals surface area contributed by atoms with Gasteiger partial charge in [0.25, 0.3) is 0 Å². The van der Waals surface area contributed by atoms with Gasteiger partial charge in [0.1, 0.15) is 11.2 Å². The Hall–Kier alpha value is -1.39. The SMILES string of the molecule is Brc1c2ccccc2c(Br)c2c1nc1ccccn12. The van der Waals surface area contributed by atoms with Gasteiger partial charge in [0.2, 0.25) is 0 Å². The highest BCUT2D eigenvalue weighted by molar-refractivity contribution is 9.11. The lowest BCUT2D eigenvalue weighted by atomic mass is 10.1. The summed E-state index contributed by atoms with van der Waals surface area (Å²) in [5.74, 6) is 0. The molecule has 0 saturated carbocycles. The molecule has 0 spiro atoms. The average molecular weight is 376 g/mol. The Morgan fingerprint density at radius 3 is 2.32 bits per heavy atom. The van der Waals surface area contributed by atoms with Crippen LogP contribution in [0.2, 0.25) is 0 Å². The molecule has 0 unspecified atom stereocenters. The summed E-state index contributed by atoms with van der Waals surface area (Å²) in [6.07, 6.45) is 2.04. The van der Waals surface area contributed by atoms with Gasteiger partial charge >= 0.3 is 0 Å². The fourth-order valence-corrected chi connectivity index (χ4v) is 3.83. The van der Waals surface area contributed by atoms with Crippen LogP contribution >= 0.6 is 31.9 Å². The van der Waals surface area contributed by atoms with Crippen LogP contribution in [-0.4, -0.2) is 9.38 Å². The first-order chi connectivity index (χ1) is 9.27. The number of pyridine rings is 1. The molecule has 0 aliphatic heterocycles. The zero-order chi connectivity index (χ0) is 13.0. The summed E-state index contributed by atoms with van der Waals surface area (Å²) in [5.41, 5.74) is 3.03. The molecule has 4 rings (SSSR count). The number of halogens is 2. The molecule has 0 aliphatic rings. The van der Waals surface area contributed by atoms with Gasteiger partial charge in [0, 0.05) is 6.20 Å². The summed E-state index contributed by atoms with van der Waals surface area (Å²) < 4.78 is 4.24. The lowest BCUT2D eigenvalue weighted by molar-refractivity contribution is 1.22. The number of rotatable bonds is 0. The Kier molecular flexibility index (Phi) is 2.44. The highest BCUT2D eigenvalue weighted by Gasteiger charge is 2.15. The molecule has 0 atom stereocenters. The quantitative estimate of drug-likeness (QED) is 0.414. The van der Waals surface area contributed by atoms with Crippen molar-refractivity contribution in [2.75, 3.05) is 0 Å². The van der Waals surface area contributed by atoms with Crippen LogP contribution in [0.1, 0.15) is 0 Å². The van der Waals surface area contributed by atoms with Crippen LogP contribution < -0.4 is 0 Å². The Balaban J connectivity index is 2.39. The van der Waals surface area contributed by atoms with Gasteiger partial charge in [0.05, 0.1) is 14.5 Å². The van der Waals surface area contributed by atoms with Crippen LogP contribution in [0.15, 0.2) is 57.6 Å². The molecule has 0 fully saturated rings. The standard InChI is InChI=1S/C15H8Br2N2/c16-12-9-5-1-2-6-10(9)13(17)15-14(12)18-11-7-3-4-8-19(11)15/h1-8H. The number of imidazole rings is 1. The lowest BCUT2D eigenvalue weighted by Crippen LogP contribution is -1.85. The highest BCUT2D eigenvalue weighted by atomic mass is 79.9. The molecule has 4 heteroatoms. The van der Waals surface area contributed by atoms with Crippen molar-refractivity contribution in [1.82, 2.24) is 9.38 Å². The molecule has 0 aliphatic carbocycles. The van der Waals surface area contributed by atoms with Gasteiger partial charge in [-0.1, -0.05) is 30.3 Å². The first kappa shape index (κ1) is 11.4. The number of hydrogen-bond acceptors (Lipinski definition) is 1. The van der Waals surface area contributed by atoms with Crippen molar-refractivity contribution >= 4 is 59.3 Å². The van der Waals surface area contributed by atoms with E-state index in [0.717, 1.165) is 25.6 Å². The summed E-state index contributed by atoms with van der Waals surface area (Å²) in [6.45, 7) is 0. The molecule has 92 valence electrons. The number of benzene rings is 2. The van der Waals surface area contributed by atoms with Crippen LogP contribution in [0.4, 0.5) is 0 Å². The van der Waals surface area contributed by atoms with Gasteiger partial charge in [-0.3, -0.25) is 4.40 Å². The van der Waals surface area contributed by atoms with E-state index in [4.69, 9.17) is 4.98 Å². The highest BCUT2D eigenvalue weighted by Crippen LogP contribution is 2.39. The molecule has 19 heavy (non-hydrogen) atoms. The van der Waals surface area contributed by atoms with Crippen molar-refractivity contribution in [3.63, 3.8) is 0 Å². The van der Waals surface area contributed by atoms with Crippen LogP contribution in [0.5, 0.6) is 0 Å². The van der Waals surface area contributed by atoms with Gasteiger partial charge in [-0.25, -0.2) is 4.98 Å². The smallest absolute Gasteiger partial charge is 0.137 e. The number of hydrogen-bond donors (Lipinski definition) is 0. The second kappa shape index (κ2) is 4.05. The summed E-state index contributed by atoms with van der Waals surface area (Å²) in [5, 5.41) is 2.36. The van der Waals surface area contributed by atoms with Crippen molar-refractivity contribution < 1.29 is 0 Å². The van der Waals surface area contributed by atoms with E-state index >= 15 is 0 Å². The molecular weight excluding hydrogens is 368 g/mol. The van der Waals surface area contributed by atoms with Crippen LogP contribution in [0.25, 0.3) is 27.5 Å². The van der Waals surface area contributed by atoms with E-state index in [1.807, 2.05) is 30.5 Å². The third kappa shape index (κ3) is 1.50. The summed E-state index contributed by atoms with van der Waals surface area (Å²) >= 11 is 7.43. The topological polar surface area (TPSA) is 17.3 Å². The maximum Gasteiger partial charge on any atom is 0.137 e. The van der Waals surface area contributed by atoms with Crippen molar-refractivity contribution in [1.29, 1.82) is 0 Å². The predicted molar refractivity (Wildman–Crippen MR) is 85.6 cm³/mol. The van der Waals surface area contributed by atoms with E-state index in [1.54, 1.807) is 0 Å². The van der Waals surface area contributed by atoms with Crippen LogP contribution in [0, 0.1) is 0 Å². The van der Waals surface area contributed by atoms with E-state index in [-0.39, 0.29) is 0 Å². The summed E-state index contributed by atoms with van der Waals surface area (Å²) in [6, 6.07) is 14.4. The normalized spacial score (nSPS) is 11.7. The second-order valence-corrected chi connectivity index (χ2v) is 6.00. The van der Waals surface area contributed by atoms with Crippen LogP contribution in [-0.2, 0) is 0 Å². The Bertz CT molecular complexity index is 941. The van der Waals surface area contributed by atoms with Gasteiger partial charge < -0.3 is 0 Å². The maximum atomic E-state index is 4.71. The number of aromatic nitrogens is 2. The average Bonchev–Trinajstić information content (AvgIpc) is 2.84. The summed E-state index contributed by atoms with van der Waals surface area (Å²) in [7, 11) is 0. The van der Waals surface area contributed by atoms with E-state index < -0.39 is 0 Å². The van der Waals surface area contributed by atoms with E-state index in [2.05, 4.69) is 54.5 Å². The molecule has 0 N–H and O–H groups in total. The van der Waals surface area contributed by atoms with Gasteiger partial charge in [-0.15, -0.1) is 0 Å². The van der Waals surface area contributed by atoms with Gasteiger partial charge in [0.15, 0.2) is 0 Å². The van der Waals surface area contributed by atoms with Crippen molar-refractivity contribution in [3.05, 3.63) is 57.6 Å². The minimum Gasteiger partial charge on any atom is -0.298 e. The molecule has 4 aromatic rings. The Morgan fingerprint density at radius 1 is 0.842 bits per heavy atom. The predicted octanol–water partition coefficient (Wildman–Crippen LogP) is 5.17. The molecule has 0 bridgehead atoms. The number of nitrogens with zero attached hydrogens (tertiary/aromatic N) is 2. The largest absolute Gasteiger partial charge is 0.298 e. The van der Waals surface area contributed by atoms with E-state index in [0.29, 0.717) is 0 Å². The molecule has 0 amide bonds. The first-order valence-electron chi connectivity index (χ1n) is 5.90. The monoisotopic (exact) mass is 374 g/mol. The van der Waals surface area contributed by atoms with Crippen molar-refractivity contribution in [2.45, 2.75) is 0 Å². The molecule has 2 aromatic heterocycles. The third-order valence-corrected chi connectivity index (χ3v) is 4.95. The van der Waals surface area contributed by atoms with Gasteiger partial charge in [-0.05, 0) is 54.8 Å². The second-order valence-electron chi connectivity index (χ2n) is 4.41. The first-order valence-corrected chi connectivity index (χ1v) is 7.48. The van der Waals surface area contributed by atoms with Crippen molar-refractivity contribution in [2.24, 2.45) is 0 Å².